The minimum atomic E-state index is -0.252. The summed E-state index contributed by atoms with van der Waals surface area (Å²) in [5.41, 5.74) is 0. The maximum absolute atomic E-state index is 10.6. The third-order valence-corrected chi connectivity index (χ3v) is 4.65. The largest absolute Gasteiger partial charge is 0.466 e. The van der Waals surface area contributed by atoms with Gasteiger partial charge in [-0.2, -0.15) is 0 Å². The van der Waals surface area contributed by atoms with Gasteiger partial charge in [0.25, 0.3) is 0 Å². The van der Waals surface area contributed by atoms with Crippen molar-refractivity contribution in [2.24, 2.45) is 0 Å². The molecule has 0 aliphatic rings. The molecule has 0 aromatic rings. The van der Waals surface area contributed by atoms with Crippen LogP contribution < -0.4 is 0 Å². The van der Waals surface area contributed by atoms with Crippen LogP contribution in [0.25, 0.3) is 0 Å². The quantitative estimate of drug-likeness (QED) is 0.107. The molecule has 0 atom stereocenters. The second kappa shape index (κ2) is 32.2. The molecule has 0 saturated heterocycles. The Morgan fingerprint density at radius 2 is 0.639 bits per heavy atom. The van der Waals surface area contributed by atoms with E-state index in [9.17, 15) is 4.79 Å². The van der Waals surface area contributed by atoms with E-state index in [-0.39, 0.29) is 12.6 Å². The predicted octanol–water partition coefficient (Wildman–Crippen LogP) is 2.78. The van der Waals surface area contributed by atoms with Crippen molar-refractivity contribution in [2.45, 2.75) is 58.3 Å². The minimum absolute atomic E-state index is 0.179. The van der Waals surface area contributed by atoms with Crippen LogP contribution in [0.2, 0.25) is 0 Å². The van der Waals surface area contributed by atoms with Gasteiger partial charge in [-0.3, -0.25) is 4.79 Å². The van der Waals surface area contributed by atoms with E-state index in [0.717, 1.165) is 44.9 Å². The molecule has 0 aromatic heterocycles. The van der Waals surface area contributed by atoms with E-state index < -0.39 is 0 Å². The highest BCUT2D eigenvalue weighted by Gasteiger charge is 1.97. The number of aliphatic hydroxyl groups excluding tert-OH is 1. The first-order valence-electron chi connectivity index (χ1n) is 13.6. The Kier molecular flexibility index (Phi) is 31.4. The number of esters is 1. The molecule has 0 aliphatic carbocycles. The molecule has 0 spiro atoms. The predicted molar refractivity (Wildman–Crippen MR) is 136 cm³/mol. The smallest absolute Gasteiger partial charge is 0.302 e. The summed E-state index contributed by atoms with van der Waals surface area (Å²) in [4.78, 5) is 10.6. The lowest BCUT2D eigenvalue weighted by Crippen LogP contribution is -2.08. The number of ether oxygens (including phenoxy) is 8. The first kappa shape index (κ1) is 35.2. The van der Waals surface area contributed by atoms with E-state index in [1.54, 1.807) is 0 Å². The van der Waals surface area contributed by atoms with Crippen molar-refractivity contribution in [1.82, 2.24) is 0 Å². The Morgan fingerprint density at radius 1 is 0.417 bits per heavy atom. The summed E-state index contributed by atoms with van der Waals surface area (Å²) in [6, 6.07) is 0. The van der Waals surface area contributed by atoms with Crippen LogP contribution in [0.1, 0.15) is 58.3 Å². The molecule has 0 radical (unpaired) electrons. The normalized spacial score (nSPS) is 11.3. The van der Waals surface area contributed by atoms with E-state index >= 15 is 0 Å². The molecule has 1 N–H and O–H groups in total. The number of rotatable bonds is 31. The number of carbonyl (C=O) groups is 1. The molecule has 0 saturated carbocycles. The van der Waals surface area contributed by atoms with Crippen molar-refractivity contribution < 1.29 is 47.8 Å². The lowest BCUT2D eigenvalue weighted by atomic mass is 10.4. The number of hydrogen-bond acceptors (Lipinski definition) is 10. The van der Waals surface area contributed by atoms with E-state index in [2.05, 4.69) is 0 Å². The molecule has 0 aromatic carbocycles. The average Bonchev–Trinajstić information content (AvgIpc) is 2.87. The highest BCUT2D eigenvalue weighted by molar-refractivity contribution is 5.65. The Hall–Kier alpha value is -0.850. The van der Waals surface area contributed by atoms with Gasteiger partial charge in [0.2, 0.25) is 0 Å². The summed E-state index contributed by atoms with van der Waals surface area (Å²) >= 11 is 0. The van der Waals surface area contributed by atoms with Gasteiger partial charge in [-0.05, 0) is 44.9 Å². The summed E-state index contributed by atoms with van der Waals surface area (Å²) < 4.78 is 43.4. The summed E-state index contributed by atoms with van der Waals surface area (Å²) in [5, 5.41) is 8.64. The number of carbonyl (C=O) groups excluding carboxylic acids is 1. The van der Waals surface area contributed by atoms with Crippen LogP contribution in [0.4, 0.5) is 0 Å². The van der Waals surface area contributed by atoms with Gasteiger partial charge < -0.3 is 43.0 Å². The van der Waals surface area contributed by atoms with Crippen LogP contribution in [0, 0.1) is 0 Å². The van der Waals surface area contributed by atoms with E-state index in [1.807, 2.05) is 0 Å². The summed E-state index contributed by atoms with van der Waals surface area (Å²) in [7, 11) is 0. The first-order chi connectivity index (χ1) is 17.8. The van der Waals surface area contributed by atoms with Gasteiger partial charge in [-0.25, -0.2) is 0 Å². The van der Waals surface area contributed by atoms with Crippen molar-refractivity contribution in [3.63, 3.8) is 0 Å². The van der Waals surface area contributed by atoms with Crippen LogP contribution >= 0.6 is 0 Å². The highest BCUT2D eigenvalue weighted by atomic mass is 16.5. The van der Waals surface area contributed by atoms with Gasteiger partial charge >= 0.3 is 5.97 Å². The van der Waals surface area contributed by atoms with Crippen LogP contribution in [0.3, 0.4) is 0 Å². The van der Waals surface area contributed by atoms with Gasteiger partial charge in [0.05, 0.1) is 6.61 Å². The molecule has 10 nitrogen and oxygen atoms in total. The number of hydrogen-bond donors (Lipinski definition) is 1. The third-order valence-electron chi connectivity index (χ3n) is 4.65. The molecule has 36 heavy (non-hydrogen) atoms. The molecule has 10 heteroatoms. The Bertz CT molecular complexity index is 426. The van der Waals surface area contributed by atoms with Gasteiger partial charge in [-0.1, -0.05) is 0 Å². The minimum Gasteiger partial charge on any atom is -0.466 e. The van der Waals surface area contributed by atoms with Crippen molar-refractivity contribution >= 4 is 5.97 Å². The standard InChI is InChI=1S/C26H52O10/c1-26(28)36-25-9-24-35-23-8-22-34-21-7-20-33-19-6-18-32-17-5-16-31-15-4-14-30-13-3-12-29-11-2-10-27/h27H,2-25H2,1H3. The molecule has 0 heterocycles. The van der Waals surface area contributed by atoms with Gasteiger partial charge in [0.15, 0.2) is 0 Å². The van der Waals surface area contributed by atoms with Crippen molar-refractivity contribution in [3.05, 3.63) is 0 Å². The van der Waals surface area contributed by atoms with Crippen LogP contribution in [-0.4, -0.2) is 117 Å². The van der Waals surface area contributed by atoms with E-state index in [0.29, 0.717) is 106 Å². The second-order valence-corrected chi connectivity index (χ2v) is 8.18. The maximum atomic E-state index is 10.6. The fourth-order valence-corrected chi connectivity index (χ4v) is 2.84. The van der Waals surface area contributed by atoms with E-state index in [1.165, 1.54) is 6.92 Å². The molecule has 0 rings (SSSR count). The van der Waals surface area contributed by atoms with Crippen molar-refractivity contribution in [3.8, 4) is 0 Å². The SMILES string of the molecule is CC(=O)OCCCOCCCOCCCOCCCOCCCOCCCOCCCOCCCO. The summed E-state index contributed by atoms with van der Waals surface area (Å²) in [6.07, 6.45) is 6.70. The topological polar surface area (TPSA) is 111 Å². The zero-order chi connectivity index (χ0) is 26.2. The summed E-state index contributed by atoms with van der Waals surface area (Å²) in [5.74, 6) is -0.252. The van der Waals surface area contributed by atoms with Crippen LogP contribution in [0.5, 0.6) is 0 Å². The van der Waals surface area contributed by atoms with E-state index in [4.69, 9.17) is 43.0 Å². The summed E-state index contributed by atoms with van der Waals surface area (Å²) in [6.45, 7) is 11.5. The molecular formula is C26H52O10. The molecule has 0 amide bonds. The molecule has 0 aliphatic heterocycles. The zero-order valence-corrected chi connectivity index (χ0v) is 22.6. The van der Waals surface area contributed by atoms with Gasteiger partial charge in [0.1, 0.15) is 0 Å². The lowest BCUT2D eigenvalue weighted by molar-refractivity contribution is -0.141. The zero-order valence-electron chi connectivity index (χ0n) is 22.6. The molecule has 216 valence electrons. The monoisotopic (exact) mass is 524 g/mol. The van der Waals surface area contributed by atoms with Crippen molar-refractivity contribution in [1.29, 1.82) is 0 Å². The van der Waals surface area contributed by atoms with Gasteiger partial charge in [-0.15, -0.1) is 0 Å². The lowest BCUT2D eigenvalue weighted by Gasteiger charge is -2.08. The van der Waals surface area contributed by atoms with Crippen LogP contribution in [0.15, 0.2) is 0 Å². The van der Waals surface area contributed by atoms with Crippen LogP contribution in [-0.2, 0) is 42.7 Å². The first-order valence-corrected chi connectivity index (χ1v) is 13.6. The maximum Gasteiger partial charge on any atom is 0.302 e. The molecular weight excluding hydrogens is 472 g/mol. The Balaban J connectivity index is 3.02. The Morgan fingerprint density at radius 3 is 0.861 bits per heavy atom. The fourth-order valence-electron chi connectivity index (χ4n) is 2.84. The molecule has 0 fully saturated rings. The Labute approximate surface area is 218 Å². The second-order valence-electron chi connectivity index (χ2n) is 8.18. The fraction of sp³-hybridized carbons (Fsp3) is 0.962. The van der Waals surface area contributed by atoms with Crippen molar-refractivity contribution in [2.75, 3.05) is 106 Å². The molecule has 0 unspecified atom stereocenters. The third kappa shape index (κ3) is 33.1. The average molecular weight is 525 g/mol. The van der Waals surface area contributed by atoms with Gasteiger partial charge in [0, 0.05) is 112 Å². The molecule has 0 bridgehead atoms. The number of aliphatic hydroxyl groups is 1. The highest BCUT2D eigenvalue weighted by Crippen LogP contribution is 1.94.